The van der Waals surface area contributed by atoms with E-state index in [4.69, 9.17) is 10.7 Å². The second kappa shape index (κ2) is 16.7. The number of imide groups is 1. The van der Waals surface area contributed by atoms with Crippen molar-refractivity contribution in [1.29, 1.82) is 0 Å². The highest BCUT2D eigenvalue weighted by Gasteiger charge is 2.40. The van der Waals surface area contributed by atoms with Crippen LogP contribution in [0.4, 0.5) is 26.4 Å². The lowest BCUT2D eigenvalue weighted by molar-refractivity contribution is -0.120. The van der Waals surface area contributed by atoms with E-state index in [0.717, 1.165) is 94.3 Å². The third-order valence-electron chi connectivity index (χ3n) is 15.0. The van der Waals surface area contributed by atoms with E-state index in [1.54, 1.807) is 23.2 Å². The Kier molecular flexibility index (Phi) is 10.7. The number of carbonyl (C=O) groups excluding carboxylic acids is 3. The standard InChI is InChI=1S/C50H57FN10O4/c51-50(30-57-19-13-35(14-20-57)61-29-41(32-9-10-32)40-25-36(27-53-47(40)61)60-21-15-45(63)54-49(60)65)16-22-58(23-17-50)48(64)33-11-12-37(39(24-33)31-7-8-31)34-4-3-18-59(28-34)43-26-42(55-56-46(43)52)38-5-1-2-6-44(38)62/h1-2,5-6,11-12,24-27,29,31-32,34-35,62H,3-4,7-10,13-23,28,30H2,(H2,52,56)(H,54,63,65)/t34-/m0/s1. The molecule has 6 fully saturated rings. The third kappa shape index (κ3) is 8.27. The SMILES string of the molecule is Nc1nnc(-c2ccccc2O)cc1N1CCC[C@H](c2ccc(C(=O)N3CCC(F)(CN4CCC(n5cc(C6CC6)c6cc(N7CCC(=O)NC7=O)cnc65)CC4)CC3)cc2C2CC2)C1. The Morgan fingerprint density at radius 1 is 0.846 bits per heavy atom. The molecule has 0 bridgehead atoms. The zero-order valence-corrected chi connectivity index (χ0v) is 36.8. The van der Waals surface area contributed by atoms with Crippen LogP contribution in [-0.2, 0) is 4.79 Å². The molecule has 7 heterocycles. The van der Waals surface area contributed by atoms with Crippen LogP contribution >= 0.6 is 0 Å². The molecule has 15 heteroatoms. The first-order valence-corrected chi connectivity index (χ1v) is 23.7. The van der Waals surface area contributed by atoms with Gasteiger partial charge in [-0.25, -0.2) is 14.2 Å². The second-order valence-electron chi connectivity index (χ2n) is 19.5. The molecule has 2 saturated carbocycles. The molecule has 0 unspecified atom stereocenters. The van der Waals surface area contributed by atoms with Gasteiger partial charge in [-0.2, -0.15) is 0 Å². The third-order valence-corrected chi connectivity index (χ3v) is 15.0. The van der Waals surface area contributed by atoms with Crippen LogP contribution in [0.5, 0.6) is 5.75 Å². The molecule has 4 amide bonds. The number of benzene rings is 2. The highest BCUT2D eigenvalue weighted by Crippen LogP contribution is 2.47. The number of hydrogen-bond acceptors (Lipinski definition) is 10. The minimum atomic E-state index is -1.35. The van der Waals surface area contributed by atoms with Crippen molar-refractivity contribution in [2.75, 3.05) is 67.9 Å². The molecule has 1 atom stereocenters. The predicted octanol–water partition coefficient (Wildman–Crippen LogP) is 7.65. The molecule has 4 aliphatic heterocycles. The van der Waals surface area contributed by atoms with E-state index < -0.39 is 11.7 Å². The van der Waals surface area contributed by atoms with Crippen LogP contribution in [0.1, 0.15) is 121 Å². The fraction of sp³-hybridized carbons (Fsp3) is 0.480. The van der Waals surface area contributed by atoms with Gasteiger partial charge in [-0.3, -0.25) is 19.8 Å². The Labute approximate surface area is 378 Å². The molecule has 2 aliphatic carbocycles. The monoisotopic (exact) mass is 880 g/mol. The number of piperidine rings is 3. The van der Waals surface area contributed by atoms with E-state index in [1.807, 2.05) is 29.2 Å². The number of halogens is 1. The van der Waals surface area contributed by atoms with Gasteiger partial charge in [0.1, 0.15) is 17.1 Å². The first kappa shape index (κ1) is 41.6. The van der Waals surface area contributed by atoms with Crippen molar-refractivity contribution >= 4 is 46.1 Å². The smallest absolute Gasteiger partial charge is 0.328 e. The molecular weight excluding hydrogens is 824 g/mol. The second-order valence-corrected chi connectivity index (χ2v) is 19.5. The predicted molar refractivity (Wildman–Crippen MR) is 247 cm³/mol. The van der Waals surface area contributed by atoms with Crippen LogP contribution in [0.2, 0.25) is 0 Å². The number of nitrogen functional groups attached to an aromatic ring is 1. The number of hydrogen-bond donors (Lipinski definition) is 3. The summed E-state index contributed by atoms with van der Waals surface area (Å²) in [5.74, 6) is 1.44. The number of para-hydroxylation sites is 1. The average Bonchev–Trinajstić information content (AvgIpc) is 4.28. The number of amides is 4. The summed E-state index contributed by atoms with van der Waals surface area (Å²) in [6.07, 6.45) is 13.2. The minimum Gasteiger partial charge on any atom is -0.507 e. The van der Waals surface area contributed by atoms with Crippen molar-refractivity contribution in [2.45, 2.75) is 100 Å². The maximum Gasteiger partial charge on any atom is 0.328 e. The number of phenols is 1. The molecule has 14 nitrogen and oxygen atoms in total. The van der Waals surface area contributed by atoms with Gasteiger partial charge in [-0.05, 0) is 116 Å². The van der Waals surface area contributed by atoms with E-state index >= 15 is 4.39 Å². The summed E-state index contributed by atoms with van der Waals surface area (Å²) in [5.41, 5.74) is 13.2. The van der Waals surface area contributed by atoms with Crippen LogP contribution in [0.25, 0.3) is 22.3 Å². The largest absolute Gasteiger partial charge is 0.507 e. The zero-order valence-electron chi connectivity index (χ0n) is 36.8. The van der Waals surface area contributed by atoms with Crippen LogP contribution in [0, 0.1) is 0 Å². The molecule has 4 N–H and O–H groups in total. The van der Waals surface area contributed by atoms with E-state index in [9.17, 15) is 19.5 Å². The van der Waals surface area contributed by atoms with Crippen LogP contribution in [0.15, 0.2) is 67.0 Å². The fourth-order valence-electron chi connectivity index (χ4n) is 11.1. The molecule has 2 aromatic carbocycles. The minimum absolute atomic E-state index is 0.0153. The molecule has 0 spiro atoms. The number of anilines is 3. The fourth-order valence-corrected chi connectivity index (χ4v) is 11.1. The van der Waals surface area contributed by atoms with Crippen molar-refractivity contribution in [1.82, 2.24) is 34.9 Å². The topological polar surface area (TPSA) is 166 Å². The molecule has 0 radical (unpaired) electrons. The quantitative estimate of drug-likeness (QED) is 0.127. The summed E-state index contributed by atoms with van der Waals surface area (Å²) >= 11 is 0. The lowest BCUT2D eigenvalue weighted by atomic mass is 9.85. The molecule has 6 aliphatic rings. The number of aromatic nitrogens is 4. The zero-order chi connectivity index (χ0) is 44.4. The number of carbonyl (C=O) groups is 3. The maximum atomic E-state index is 16.6. The van der Waals surface area contributed by atoms with Gasteiger partial charge in [0, 0.05) is 106 Å². The van der Waals surface area contributed by atoms with E-state index in [-0.39, 0.29) is 35.9 Å². The highest BCUT2D eigenvalue weighted by molar-refractivity contribution is 6.06. The highest BCUT2D eigenvalue weighted by atomic mass is 19.1. The van der Waals surface area contributed by atoms with Crippen LogP contribution < -0.4 is 20.9 Å². The summed E-state index contributed by atoms with van der Waals surface area (Å²) in [6, 6.07) is 17.2. The summed E-state index contributed by atoms with van der Waals surface area (Å²) < 4.78 is 18.9. The Morgan fingerprint density at radius 2 is 1.62 bits per heavy atom. The number of urea groups is 1. The van der Waals surface area contributed by atoms with Crippen LogP contribution in [0.3, 0.4) is 0 Å². The average molecular weight is 881 g/mol. The Hall–Kier alpha value is -6.09. The number of nitrogens with one attached hydrogen (secondary N) is 1. The van der Waals surface area contributed by atoms with Gasteiger partial charge in [0.15, 0.2) is 5.82 Å². The van der Waals surface area contributed by atoms with E-state index in [1.165, 1.54) is 16.7 Å². The molecule has 65 heavy (non-hydrogen) atoms. The summed E-state index contributed by atoms with van der Waals surface area (Å²) in [7, 11) is 0. The van der Waals surface area contributed by atoms with E-state index in [0.29, 0.717) is 79.2 Å². The number of nitrogens with two attached hydrogens (primary N) is 1. The summed E-state index contributed by atoms with van der Waals surface area (Å²) in [4.78, 5) is 51.3. The number of fused-ring (bicyclic) bond motifs is 1. The normalized spacial score (nSPS) is 22.1. The number of alkyl halides is 1. The van der Waals surface area contributed by atoms with Crippen molar-refractivity contribution in [3.63, 3.8) is 0 Å². The van der Waals surface area contributed by atoms with Crippen LogP contribution in [-0.4, -0.2) is 111 Å². The van der Waals surface area contributed by atoms with Gasteiger partial charge >= 0.3 is 6.03 Å². The molecule has 5 aromatic rings. The van der Waals surface area contributed by atoms with E-state index in [2.05, 4.69) is 54.3 Å². The molecular formula is C50H57FN10O4. The number of aromatic hydroxyl groups is 1. The van der Waals surface area contributed by atoms with Gasteiger partial charge in [-0.1, -0.05) is 18.2 Å². The Balaban J connectivity index is 0.713. The molecule has 3 aromatic heterocycles. The number of pyridine rings is 1. The summed E-state index contributed by atoms with van der Waals surface area (Å²) in [6.45, 7) is 4.70. The first-order chi connectivity index (χ1) is 31.6. The van der Waals surface area contributed by atoms with Gasteiger partial charge < -0.3 is 30.1 Å². The van der Waals surface area contributed by atoms with Gasteiger partial charge in [-0.15, -0.1) is 10.2 Å². The molecule has 4 saturated heterocycles. The van der Waals surface area contributed by atoms with Crippen molar-refractivity contribution < 1.29 is 23.9 Å². The Bertz CT molecular complexity index is 2660. The van der Waals surface area contributed by atoms with Gasteiger partial charge in [0.05, 0.1) is 23.3 Å². The lowest BCUT2D eigenvalue weighted by Gasteiger charge is -2.41. The molecule has 338 valence electrons. The number of nitrogens with zero attached hydrogens (tertiary/aromatic N) is 8. The van der Waals surface area contributed by atoms with Crippen molar-refractivity contribution in [3.05, 3.63) is 89.2 Å². The summed E-state index contributed by atoms with van der Waals surface area (Å²) in [5, 5.41) is 22.5. The van der Waals surface area contributed by atoms with Gasteiger partial charge in [0.2, 0.25) is 5.91 Å². The number of phenolic OH excluding ortho intramolecular Hbond substituents is 1. The van der Waals surface area contributed by atoms with Crippen molar-refractivity contribution in [2.24, 2.45) is 0 Å². The molecule has 11 rings (SSSR count). The first-order valence-electron chi connectivity index (χ1n) is 23.7. The maximum absolute atomic E-state index is 16.6. The van der Waals surface area contributed by atoms with Gasteiger partial charge in [0.25, 0.3) is 5.91 Å². The Morgan fingerprint density at radius 3 is 2.37 bits per heavy atom. The number of rotatable bonds is 10. The number of likely N-dealkylation sites (tertiary alicyclic amines) is 2. The lowest BCUT2D eigenvalue weighted by Crippen LogP contribution is -2.51. The van der Waals surface area contributed by atoms with Crippen molar-refractivity contribution in [3.8, 4) is 17.0 Å².